The number of fused-ring (bicyclic) bond motifs is 1. The molecule has 0 bridgehead atoms. The Morgan fingerprint density at radius 3 is 2.32 bits per heavy atom. The summed E-state index contributed by atoms with van der Waals surface area (Å²) in [5.74, 6) is 0.536. The Bertz CT molecular complexity index is 705. The third-order valence-electron chi connectivity index (χ3n) is 3.76. The van der Waals surface area contributed by atoms with Crippen molar-refractivity contribution in [2.45, 2.75) is 19.8 Å². The fraction of sp³-hybridized carbons (Fsp3) is 0.222. The first-order valence-electron chi connectivity index (χ1n) is 6.81. The molecule has 0 atom stereocenters. The molecule has 0 amide bonds. The van der Waals surface area contributed by atoms with Gasteiger partial charge in [-0.3, -0.25) is 0 Å². The molecule has 1 aromatic heterocycles. The highest BCUT2D eigenvalue weighted by atomic mass is 14.9. The van der Waals surface area contributed by atoms with Crippen molar-refractivity contribution in [3.05, 3.63) is 60.3 Å². The summed E-state index contributed by atoms with van der Waals surface area (Å²) in [6.07, 6.45) is 2.14. The highest BCUT2D eigenvalue weighted by molar-refractivity contribution is 5.89. The van der Waals surface area contributed by atoms with Gasteiger partial charge in [0.15, 0.2) is 0 Å². The Kier molecular flexibility index (Phi) is 2.90. The zero-order valence-electron chi connectivity index (χ0n) is 11.7. The minimum Gasteiger partial charge on any atom is -0.351 e. The lowest BCUT2D eigenvalue weighted by Gasteiger charge is -2.12. The maximum atomic E-state index is 2.34. The van der Waals surface area contributed by atoms with E-state index in [2.05, 4.69) is 80.2 Å². The van der Waals surface area contributed by atoms with Crippen LogP contribution in [0.25, 0.3) is 22.0 Å². The van der Waals surface area contributed by atoms with Gasteiger partial charge in [-0.15, -0.1) is 0 Å². The molecule has 0 spiro atoms. The molecule has 3 aromatic rings. The second-order valence-corrected chi connectivity index (χ2v) is 5.45. The van der Waals surface area contributed by atoms with Gasteiger partial charge in [0.25, 0.3) is 0 Å². The SMILES string of the molecule is CC(C)c1cc(-c2ccccc2)cc2c1ccn2C. The zero-order valence-corrected chi connectivity index (χ0v) is 11.7. The molecule has 0 unspecified atom stereocenters. The maximum absolute atomic E-state index is 2.34. The number of rotatable bonds is 2. The fourth-order valence-electron chi connectivity index (χ4n) is 2.67. The summed E-state index contributed by atoms with van der Waals surface area (Å²) < 4.78 is 2.20. The molecule has 1 nitrogen and oxygen atoms in total. The average Bonchev–Trinajstić information content (AvgIpc) is 2.80. The van der Waals surface area contributed by atoms with Crippen LogP contribution in [0.2, 0.25) is 0 Å². The largest absolute Gasteiger partial charge is 0.351 e. The molecule has 96 valence electrons. The average molecular weight is 249 g/mol. The molecule has 0 fully saturated rings. The van der Waals surface area contributed by atoms with Crippen LogP contribution in [0.5, 0.6) is 0 Å². The third-order valence-corrected chi connectivity index (χ3v) is 3.76. The molecular formula is C18H19N. The van der Waals surface area contributed by atoms with Gasteiger partial charge in [-0.05, 0) is 34.7 Å². The number of hydrogen-bond acceptors (Lipinski definition) is 0. The first-order chi connectivity index (χ1) is 9.16. The minimum atomic E-state index is 0.536. The molecule has 3 rings (SSSR count). The topological polar surface area (TPSA) is 4.93 Å². The first-order valence-corrected chi connectivity index (χ1v) is 6.81. The smallest absolute Gasteiger partial charge is 0.0486 e. The van der Waals surface area contributed by atoms with Crippen LogP contribution in [-0.4, -0.2) is 4.57 Å². The quantitative estimate of drug-likeness (QED) is 0.604. The van der Waals surface area contributed by atoms with Crippen LogP contribution in [-0.2, 0) is 7.05 Å². The van der Waals surface area contributed by atoms with Crippen molar-refractivity contribution in [1.82, 2.24) is 4.57 Å². The molecular weight excluding hydrogens is 230 g/mol. The second-order valence-electron chi connectivity index (χ2n) is 5.45. The number of hydrogen-bond donors (Lipinski definition) is 0. The van der Waals surface area contributed by atoms with E-state index in [1.165, 1.54) is 27.6 Å². The van der Waals surface area contributed by atoms with E-state index in [4.69, 9.17) is 0 Å². The lowest BCUT2D eigenvalue weighted by atomic mass is 9.94. The van der Waals surface area contributed by atoms with E-state index in [1.54, 1.807) is 0 Å². The van der Waals surface area contributed by atoms with Crippen molar-refractivity contribution in [2.75, 3.05) is 0 Å². The van der Waals surface area contributed by atoms with Gasteiger partial charge in [-0.1, -0.05) is 50.2 Å². The predicted molar refractivity (Wildman–Crippen MR) is 82.4 cm³/mol. The van der Waals surface area contributed by atoms with Crippen LogP contribution in [0, 0.1) is 0 Å². The summed E-state index contributed by atoms with van der Waals surface area (Å²) in [4.78, 5) is 0. The van der Waals surface area contributed by atoms with E-state index in [0.717, 1.165) is 0 Å². The monoisotopic (exact) mass is 249 g/mol. The number of aryl methyl sites for hydroxylation is 1. The molecule has 19 heavy (non-hydrogen) atoms. The molecule has 0 aliphatic rings. The van der Waals surface area contributed by atoms with Crippen molar-refractivity contribution < 1.29 is 0 Å². The van der Waals surface area contributed by atoms with Crippen molar-refractivity contribution in [1.29, 1.82) is 0 Å². The molecule has 2 aromatic carbocycles. The third kappa shape index (κ3) is 2.06. The zero-order chi connectivity index (χ0) is 13.4. The van der Waals surface area contributed by atoms with Gasteiger partial charge in [0, 0.05) is 24.1 Å². The number of benzene rings is 2. The van der Waals surface area contributed by atoms with Crippen LogP contribution in [0.3, 0.4) is 0 Å². The summed E-state index contributed by atoms with van der Waals surface area (Å²) in [6, 6.07) is 17.5. The van der Waals surface area contributed by atoms with E-state index in [1.807, 2.05) is 0 Å². The Morgan fingerprint density at radius 2 is 1.63 bits per heavy atom. The molecule has 1 heteroatoms. The van der Waals surface area contributed by atoms with E-state index in [-0.39, 0.29) is 0 Å². The molecule has 0 saturated heterocycles. The molecule has 1 heterocycles. The van der Waals surface area contributed by atoms with Crippen LogP contribution < -0.4 is 0 Å². The summed E-state index contributed by atoms with van der Waals surface area (Å²) >= 11 is 0. The molecule has 0 radical (unpaired) electrons. The second kappa shape index (κ2) is 4.58. The van der Waals surface area contributed by atoms with Crippen LogP contribution in [0.1, 0.15) is 25.3 Å². The van der Waals surface area contributed by atoms with Gasteiger partial charge in [0.2, 0.25) is 0 Å². The lowest BCUT2D eigenvalue weighted by Crippen LogP contribution is -1.92. The van der Waals surface area contributed by atoms with E-state index < -0.39 is 0 Å². The van der Waals surface area contributed by atoms with Crippen molar-refractivity contribution >= 4 is 10.9 Å². The Hall–Kier alpha value is -2.02. The minimum absolute atomic E-state index is 0.536. The van der Waals surface area contributed by atoms with E-state index in [9.17, 15) is 0 Å². The van der Waals surface area contributed by atoms with Gasteiger partial charge < -0.3 is 4.57 Å². The van der Waals surface area contributed by atoms with Crippen molar-refractivity contribution in [3.8, 4) is 11.1 Å². The van der Waals surface area contributed by atoms with Gasteiger partial charge in [0.1, 0.15) is 0 Å². The van der Waals surface area contributed by atoms with Gasteiger partial charge in [0.05, 0.1) is 0 Å². The predicted octanol–water partition coefficient (Wildman–Crippen LogP) is 4.97. The van der Waals surface area contributed by atoms with Crippen LogP contribution in [0.4, 0.5) is 0 Å². The molecule has 0 saturated carbocycles. The number of nitrogens with zero attached hydrogens (tertiary/aromatic N) is 1. The van der Waals surface area contributed by atoms with Crippen molar-refractivity contribution in [2.24, 2.45) is 7.05 Å². The summed E-state index contributed by atoms with van der Waals surface area (Å²) in [7, 11) is 2.11. The Labute approximate surface area is 114 Å². The fourth-order valence-corrected chi connectivity index (χ4v) is 2.67. The van der Waals surface area contributed by atoms with Crippen LogP contribution in [0.15, 0.2) is 54.7 Å². The normalized spacial score (nSPS) is 11.4. The highest BCUT2D eigenvalue weighted by Gasteiger charge is 2.10. The van der Waals surface area contributed by atoms with E-state index in [0.29, 0.717) is 5.92 Å². The lowest BCUT2D eigenvalue weighted by molar-refractivity contribution is 0.876. The van der Waals surface area contributed by atoms with Gasteiger partial charge in [-0.2, -0.15) is 0 Å². The number of aromatic nitrogens is 1. The summed E-state index contributed by atoms with van der Waals surface area (Å²) in [5, 5.41) is 1.37. The van der Waals surface area contributed by atoms with Crippen molar-refractivity contribution in [3.63, 3.8) is 0 Å². The maximum Gasteiger partial charge on any atom is 0.0486 e. The highest BCUT2D eigenvalue weighted by Crippen LogP contribution is 2.32. The standard InChI is InChI=1S/C18H19N/c1-13(2)17-11-15(14-7-5-4-6-8-14)12-18-16(17)9-10-19(18)3/h4-13H,1-3H3. The van der Waals surface area contributed by atoms with E-state index >= 15 is 0 Å². The Balaban J connectivity index is 2.30. The Morgan fingerprint density at radius 1 is 0.895 bits per heavy atom. The summed E-state index contributed by atoms with van der Waals surface area (Å²) in [5.41, 5.74) is 5.33. The molecule has 0 aliphatic heterocycles. The summed E-state index contributed by atoms with van der Waals surface area (Å²) in [6.45, 7) is 4.52. The van der Waals surface area contributed by atoms with Gasteiger partial charge >= 0.3 is 0 Å². The van der Waals surface area contributed by atoms with Crippen LogP contribution >= 0.6 is 0 Å². The first kappa shape index (κ1) is 12.0. The van der Waals surface area contributed by atoms with Gasteiger partial charge in [-0.25, -0.2) is 0 Å². The molecule has 0 aliphatic carbocycles. The molecule has 0 N–H and O–H groups in total.